The molecule has 8 heteroatoms. The van der Waals surface area contributed by atoms with E-state index in [1.165, 1.54) is 6.20 Å². The lowest BCUT2D eigenvalue weighted by molar-refractivity contribution is 0.0694. The number of benzene rings is 1. The van der Waals surface area contributed by atoms with Crippen molar-refractivity contribution in [3.8, 4) is 12.1 Å². The monoisotopic (exact) mass is 591 g/mol. The third-order valence-corrected chi connectivity index (χ3v) is 4.77. The maximum atomic E-state index is 11.2. The highest BCUT2D eigenvalue weighted by Crippen LogP contribution is 2.31. The Bertz CT molecular complexity index is 641. The number of nitrogens with one attached hydrogen (secondary N) is 1. The number of anilines is 1. The van der Waals surface area contributed by atoms with E-state index in [9.17, 15) is 9.90 Å². The molecule has 0 aliphatic heterocycles. The van der Waals surface area contributed by atoms with Gasteiger partial charge in [0.05, 0.1) is 14.8 Å². The molecule has 96 valence electrons. The molecule has 0 heterocycles. The van der Waals surface area contributed by atoms with Crippen LogP contribution in [0.2, 0.25) is 0 Å². The van der Waals surface area contributed by atoms with Crippen LogP contribution >= 0.6 is 67.8 Å². The van der Waals surface area contributed by atoms with Crippen LogP contribution in [0.15, 0.2) is 17.8 Å². The number of nitriles is 2. The Balaban J connectivity index is 3.35. The zero-order valence-electron chi connectivity index (χ0n) is 9.04. The highest BCUT2D eigenvalue weighted by molar-refractivity contribution is 14.1. The number of rotatable bonds is 3. The molecule has 0 radical (unpaired) electrons. The third kappa shape index (κ3) is 3.93. The standard InChI is InChI=1S/C11H4I3N3O2/c12-6-1-7(13)10(9(14)8(6)11(18)19)17-4-5(2-15)3-16/h1,4,17H,(H,18,19). The van der Waals surface area contributed by atoms with Crippen LogP contribution in [-0.2, 0) is 0 Å². The zero-order chi connectivity index (χ0) is 14.6. The molecule has 19 heavy (non-hydrogen) atoms. The molecule has 0 aliphatic carbocycles. The van der Waals surface area contributed by atoms with Crippen LogP contribution < -0.4 is 5.32 Å². The molecule has 0 unspecified atom stereocenters. The largest absolute Gasteiger partial charge is 0.478 e. The van der Waals surface area contributed by atoms with Gasteiger partial charge in [-0.1, -0.05) is 0 Å². The molecule has 5 nitrogen and oxygen atoms in total. The Morgan fingerprint density at radius 3 is 2.32 bits per heavy atom. The number of allylic oxidation sites excluding steroid dienone is 1. The summed E-state index contributed by atoms with van der Waals surface area (Å²) in [6.07, 6.45) is 1.26. The summed E-state index contributed by atoms with van der Waals surface area (Å²) >= 11 is 5.95. The Morgan fingerprint density at radius 1 is 1.26 bits per heavy atom. The van der Waals surface area contributed by atoms with E-state index in [4.69, 9.17) is 10.5 Å². The second-order valence-corrected chi connectivity index (χ2v) is 6.54. The summed E-state index contributed by atoms with van der Waals surface area (Å²) in [5, 5.41) is 29.3. The van der Waals surface area contributed by atoms with Crippen LogP contribution in [0.25, 0.3) is 0 Å². The van der Waals surface area contributed by atoms with E-state index >= 15 is 0 Å². The first-order valence-electron chi connectivity index (χ1n) is 4.60. The van der Waals surface area contributed by atoms with Crippen molar-refractivity contribution in [3.63, 3.8) is 0 Å². The van der Waals surface area contributed by atoms with E-state index in [-0.39, 0.29) is 11.1 Å². The van der Waals surface area contributed by atoms with Crippen LogP contribution in [0.5, 0.6) is 0 Å². The average Bonchev–Trinajstić information content (AvgIpc) is 2.32. The summed E-state index contributed by atoms with van der Waals surface area (Å²) in [6, 6.07) is 5.17. The molecule has 1 rings (SSSR count). The van der Waals surface area contributed by atoms with Gasteiger partial charge in [-0.3, -0.25) is 0 Å². The van der Waals surface area contributed by atoms with Crippen molar-refractivity contribution in [1.82, 2.24) is 0 Å². The molecule has 0 saturated carbocycles. The Kier molecular flexibility index (Phi) is 6.28. The number of carbonyl (C=O) groups is 1. The van der Waals surface area contributed by atoms with E-state index in [2.05, 4.69) is 27.9 Å². The number of hydrogen-bond acceptors (Lipinski definition) is 4. The van der Waals surface area contributed by atoms with E-state index in [1.807, 2.05) is 45.2 Å². The van der Waals surface area contributed by atoms with Gasteiger partial charge in [-0.2, -0.15) is 10.5 Å². The average molecular weight is 591 g/mol. The van der Waals surface area contributed by atoms with Crippen molar-refractivity contribution < 1.29 is 9.90 Å². The number of hydrogen-bond donors (Lipinski definition) is 2. The Morgan fingerprint density at radius 2 is 1.84 bits per heavy atom. The van der Waals surface area contributed by atoms with E-state index < -0.39 is 5.97 Å². The SMILES string of the molecule is N#CC(C#N)=CNc1c(I)cc(I)c(C(=O)O)c1I. The molecule has 2 N–H and O–H groups in total. The van der Waals surface area contributed by atoms with Gasteiger partial charge in [0.25, 0.3) is 0 Å². The van der Waals surface area contributed by atoms with Crippen LogP contribution in [0.1, 0.15) is 10.4 Å². The lowest BCUT2D eigenvalue weighted by Crippen LogP contribution is -2.07. The summed E-state index contributed by atoms with van der Waals surface area (Å²) < 4.78 is 1.98. The first-order chi connectivity index (χ1) is 8.92. The fourth-order valence-corrected chi connectivity index (χ4v) is 5.30. The van der Waals surface area contributed by atoms with Gasteiger partial charge in [0.2, 0.25) is 0 Å². The lowest BCUT2D eigenvalue weighted by atomic mass is 10.2. The predicted octanol–water partition coefficient (Wildman–Crippen LogP) is 3.54. The number of aromatic carboxylic acids is 1. The molecule has 0 amide bonds. The highest BCUT2D eigenvalue weighted by Gasteiger charge is 2.18. The number of carboxylic acid groups (broad SMARTS) is 1. The molecule has 0 bridgehead atoms. The second-order valence-electron chi connectivity index (χ2n) is 3.14. The quantitative estimate of drug-likeness (QED) is 0.415. The summed E-state index contributed by atoms with van der Waals surface area (Å²) in [5.74, 6) is -1.02. The number of carboxylic acids is 1. The van der Waals surface area contributed by atoms with Gasteiger partial charge < -0.3 is 10.4 Å². The van der Waals surface area contributed by atoms with Gasteiger partial charge >= 0.3 is 5.97 Å². The molecular weight excluding hydrogens is 587 g/mol. The number of halogens is 3. The summed E-state index contributed by atoms with van der Waals surface area (Å²) in [4.78, 5) is 11.2. The molecule has 0 spiro atoms. The van der Waals surface area contributed by atoms with E-state index in [1.54, 1.807) is 18.2 Å². The smallest absolute Gasteiger partial charge is 0.337 e. The summed E-state index contributed by atoms with van der Waals surface area (Å²) in [6.45, 7) is 0. The van der Waals surface area contributed by atoms with Gasteiger partial charge in [0.15, 0.2) is 0 Å². The van der Waals surface area contributed by atoms with Crippen molar-refractivity contribution in [1.29, 1.82) is 10.5 Å². The molecule has 0 saturated heterocycles. The second kappa shape index (κ2) is 7.25. The maximum Gasteiger partial charge on any atom is 0.337 e. The van der Waals surface area contributed by atoms with Crippen LogP contribution in [-0.4, -0.2) is 11.1 Å². The minimum atomic E-state index is -1.02. The fraction of sp³-hybridized carbons (Fsp3) is 0. The van der Waals surface area contributed by atoms with E-state index in [0.29, 0.717) is 12.8 Å². The van der Waals surface area contributed by atoms with Gasteiger partial charge in [0.1, 0.15) is 17.7 Å². The van der Waals surface area contributed by atoms with Crippen LogP contribution in [0, 0.1) is 33.4 Å². The van der Waals surface area contributed by atoms with Crippen LogP contribution in [0.3, 0.4) is 0 Å². The third-order valence-electron chi connectivity index (χ3n) is 1.99. The zero-order valence-corrected chi connectivity index (χ0v) is 15.5. The fourth-order valence-electron chi connectivity index (χ4n) is 1.15. The van der Waals surface area contributed by atoms with Crippen molar-refractivity contribution in [2.24, 2.45) is 0 Å². The number of nitrogens with zero attached hydrogens (tertiary/aromatic N) is 2. The van der Waals surface area contributed by atoms with E-state index in [0.717, 1.165) is 3.57 Å². The Labute approximate surface area is 150 Å². The van der Waals surface area contributed by atoms with Gasteiger partial charge in [-0.25, -0.2) is 4.79 Å². The van der Waals surface area contributed by atoms with Crippen molar-refractivity contribution >= 4 is 79.4 Å². The van der Waals surface area contributed by atoms with Crippen molar-refractivity contribution in [2.45, 2.75) is 0 Å². The molecular formula is C11H4I3N3O2. The molecule has 0 aliphatic rings. The summed E-state index contributed by atoms with van der Waals surface area (Å²) in [7, 11) is 0. The topological polar surface area (TPSA) is 96.9 Å². The lowest BCUT2D eigenvalue weighted by Gasteiger charge is -2.11. The minimum Gasteiger partial charge on any atom is -0.478 e. The predicted molar refractivity (Wildman–Crippen MR) is 94.5 cm³/mol. The highest BCUT2D eigenvalue weighted by atomic mass is 127. The maximum absolute atomic E-state index is 11.2. The molecule has 1 aromatic rings. The molecule has 1 aromatic carbocycles. The summed E-state index contributed by atoms with van der Waals surface area (Å²) in [5.41, 5.74) is 0.692. The van der Waals surface area contributed by atoms with Gasteiger partial charge in [-0.05, 0) is 73.8 Å². The van der Waals surface area contributed by atoms with Crippen LogP contribution in [0.4, 0.5) is 5.69 Å². The first kappa shape index (κ1) is 16.5. The first-order valence-corrected chi connectivity index (χ1v) is 7.83. The molecule has 0 fully saturated rings. The van der Waals surface area contributed by atoms with Gasteiger partial charge in [0, 0.05) is 13.3 Å². The molecule has 0 atom stereocenters. The van der Waals surface area contributed by atoms with Gasteiger partial charge in [-0.15, -0.1) is 0 Å². The Hall–Kier alpha value is -0.600. The van der Waals surface area contributed by atoms with Crippen molar-refractivity contribution in [2.75, 3.05) is 5.32 Å². The minimum absolute atomic E-state index is 0.0815. The molecule has 0 aromatic heterocycles. The normalized spacial score (nSPS) is 9.11. The van der Waals surface area contributed by atoms with Crippen molar-refractivity contribution in [3.05, 3.63) is 34.1 Å².